The molecule has 0 aliphatic heterocycles. The van der Waals surface area contributed by atoms with Gasteiger partial charge in [-0.1, -0.05) is 15.9 Å². The minimum Gasteiger partial charge on any atom is -0.401 e. The Morgan fingerprint density at radius 2 is 2.00 bits per heavy atom. The van der Waals surface area contributed by atoms with Crippen LogP contribution in [0.1, 0.15) is 30.1 Å². The summed E-state index contributed by atoms with van der Waals surface area (Å²) >= 11 is 3.30. The standard InChI is InChI=1S/C16H11BrF3N3O2/c1-7-4-8(17)5-10-13(7)21-14(25-15(10)24)11-6-12(16(18,19)20)22-23(11)9-2-3-9/h4-6,9H,2-3H2,1H3. The van der Waals surface area contributed by atoms with Crippen LogP contribution in [-0.4, -0.2) is 14.8 Å². The number of aryl methyl sites for hydroxylation is 1. The number of benzene rings is 1. The molecule has 1 saturated carbocycles. The lowest BCUT2D eigenvalue weighted by molar-refractivity contribution is -0.141. The van der Waals surface area contributed by atoms with Crippen molar-refractivity contribution >= 4 is 26.8 Å². The number of nitrogens with zero attached hydrogens (tertiary/aromatic N) is 3. The topological polar surface area (TPSA) is 60.9 Å². The third-order valence-electron chi connectivity index (χ3n) is 4.03. The fourth-order valence-corrected chi connectivity index (χ4v) is 3.28. The highest BCUT2D eigenvalue weighted by Gasteiger charge is 2.38. The maximum Gasteiger partial charge on any atom is 0.435 e. The first kappa shape index (κ1) is 16.3. The van der Waals surface area contributed by atoms with Crippen molar-refractivity contribution in [3.63, 3.8) is 0 Å². The molecule has 4 rings (SSSR count). The van der Waals surface area contributed by atoms with E-state index in [1.807, 2.05) is 0 Å². The number of hydrogen-bond donors (Lipinski definition) is 0. The molecular formula is C16H11BrF3N3O2. The fourth-order valence-electron chi connectivity index (χ4n) is 2.71. The zero-order valence-corrected chi connectivity index (χ0v) is 14.5. The Labute approximate surface area is 147 Å². The second-order valence-electron chi connectivity index (χ2n) is 6.01. The van der Waals surface area contributed by atoms with Crippen LogP contribution < -0.4 is 5.63 Å². The minimum absolute atomic E-state index is 0.0659. The van der Waals surface area contributed by atoms with Gasteiger partial charge in [0, 0.05) is 10.5 Å². The van der Waals surface area contributed by atoms with Gasteiger partial charge >= 0.3 is 11.8 Å². The molecule has 2 heterocycles. The molecule has 2 aromatic heterocycles. The molecule has 5 nitrogen and oxygen atoms in total. The fraction of sp³-hybridized carbons (Fsp3) is 0.312. The highest BCUT2D eigenvalue weighted by Crippen LogP contribution is 2.40. The van der Waals surface area contributed by atoms with Crippen molar-refractivity contribution in [2.45, 2.75) is 32.0 Å². The normalized spacial score (nSPS) is 15.1. The minimum atomic E-state index is -4.58. The SMILES string of the molecule is Cc1cc(Br)cc2c(=O)oc(-c3cc(C(F)(F)F)nn3C3CC3)nc12. The Hall–Kier alpha value is -2.16. The monoisotopic (exact) mass is 413 g/mol. The number of alkyl halides is 3. The summed E-state index contributed by atoms with van der Waals surface area (Å²) in [5, 5.41) is 3.92. The summed E-state index contributed by atoms with van der Waals surface area (Å²) in [6.07, 6.45) is -3.11. The van der Waals surface area contributed by atoms with E-state index >= 15 is 0 Å². The molecule has 0 unspecified atom stereocenters. The molecule has 0 bridgehead atoms. The second kappa shape index (κ2) is 5.42. The Balaban J connectivity index is 1.96. The van der Waals surface area contributed by atoms with Crippen LogP contribution in [-0.2, 0) is 6.18 Å². The van der Waals surface area contributed by atoms with Gasteiger partial charge in [-0.2, -0.15) is 18.3 Å². The van der Waals surface area contributed by atoms with Gasteiger partial charge < -0.3 is 4.42 Å². The zero-order chi connectivity index (χ0) is 17.9. The third kappa shape index (κ3) is 2.86. The van der Waals surface area contributed by atoms with Crippen LogP contribution in [0.5, 0.6) is 0 Å². The number of rotatable bonds is 2. The lowest BCUT2D eigenvalue weighted by Crippen LogP contribution is -2.08. The summed E-state index contributed by atoms with van der Waals surface area (Å²) in [6.45, 7) is 1.77. The molecule has 0 amide bonds. The predicted octanol–water partition coefficient (Wildman–Crippen LogP) is 4.48. The molecule has 1 aliphatic rings. The first-order chi connectivity index (χ1) is 11.7. The van der Waals surface area contributed by atoms with E-state index in [0.29, 0.717) is 15.6 Å². The van der Waals surface area contributed by atoms with E-state index in [2.05, 4.69) is 26.0 Å². The van der Waals surface area contributed by atoms with E-state index in [1.54, 1.807) is 19.1 Å². The molecular weight excluding hydrogens is 403 g/mol. The number of hydrogen-bond acceptors (Lipinski definition) is 4. The average molecular weight is 414 g/mol. The Morgan fingerprint density at radius 3 is 2.64 bits per heavy atom. The Morgan fingerprint density at radius 1 is 1.28 bits per heavy atom. The summed E-state index contributed by atoms with van der Waals surface area (Å²) < 4.78 is 46.3. The van der Waals surface area contributed by atoms with Gasteiger partial charge in [0.2, 0.25) is 5.89 Å². The van der Waals surface area contributed by atoms with Crippen molar-refractivity contribution in [3.05, 3.63) is 44.3 Å². The summed E-state index contributed by atoms with van der Waals surface area (Å²) in [6, 6.07) is 4.10. The molecule has 9 heteroatoms. The molecule has 0 radical (unpaired) electrons. The second-order valence-corrected chi connectivity index (χ2v) is 6.93. The van der Waals surface area contributed by atoms with Crippen molar-refractivity contribution in [2.24, 2.45) is 0 Å². The highest BCUT2D eigenvalue weighted by atomic mass is 79.9. The summed E-state index contributed by atoms with van der Waals surface area (Å²) in [5.41, 5.74) is -0.497. The van der Waals surface area contributed by atoms with E-state index in [4.69, 9.17) is 4.42 Å². The smallest absolute Gasteiger partial charge is 0.401 e. The molecule has 1 fully saturated rings. The van der Waals surface area contributed by atoms with E-state index < -0.39 is 17.5 Å². The third-order valence-corrected chi connectivity index (χ3v) is 4.48. The van der Waals surface area contributed by atoms with Gasteiger partial charge in [-0.05, 0) is 37.5 Å². The first-order valence-electron chi connectivity index (χ1n) is 7.52. The lowest BCUT2D eigenvalue weighted by Gasteiger charge is -2.06. The summed E-state index contributed by atoms with van der Waals surface area (Å²) in [5.74, 6) is -0.155. The molecule has 0 spiro atoms. The lowest BCUT2D eigenvalue weighted by atomic mass is 10.1. The van der Waals surface area contributed by atoms with Crippen molar-refractivity contribution in [2.75, 3.05) is 0 Å². The average Bonchev–Trinajstić information content (AvgIpc) is 3.25. The van der Waals surface area contributed by atoms with Crippen molar-refractivity contribution in [3.8, 4) is 11.6 Å². The number of aromatic nitrogens is 3. The van der Waals surface area contributed by atoms with Gasteiger partial charge in [-0.15, -0.1) is 0 Å². The molecule has 1 aliphatic carbocycles. The molecule has 130 valence electrons. The van der Waals surface area contributed by atoms with Crippen LogP contribution in [0.2, 0.25) is 0 Å². The predicted molar refractivity (Wildman–Crippen MR) is 87.2 cm³/mol. The maximum atomic E-state index is 13.0. The quantitative estimate of drug-likeness (QED) is 0.621. The molecule has 25 heavy (non-hydrogen) atoms. The van der Waals surface area contributed by atoms with Crippen molar-refractivity contribution in [1.82, 2.24) is 14.8 Å². The van der Waals surface area contributed by atoms with Gasteiger partial charge in [-0.3, -0.25) is 4.68 Å². The van der Waals surface area contributed by atoms with E-state index in [0.717, 1.165) is 18.9 Å². The van der Waals surface area contributed by atoms with Crippen LogP contribution in [0.3, 0.4) is 0 Å². The Kier molecular flexibility index (Phi) is 3.54. The van der Waals surface area contributed by atoms with Gasteiger partial charge in [0.15, 0.2) is 5.69 Å². The van der Waals surface area contributed by atoms with Gasteiger partial charge in [0.25, 0.3) is 0 Å². The summed E-state index contributed by atoms with van der Waals surface area (Å²) in [4.78, 5) is 16.6. The number of fused-ring (bicyclic) bond motifs is 1. The van der Waals surface area contributed by atoms with Gasteiger partial charge in [-0.25, -0.2) is 9.78 Å². The van der Waals surface area contributed by atoms with Gasteiger partial charge in [0.05, 0.1) is 16.9 Å². The van der Waals surface area contributed by atoms with Crippen LogP contribution in [0, 0.1) is 6.92 Å². The van der Waals surface area contributed by atoms with E-state index in [9.17, 15) is 18.0 Å². The molecule has 1 aromatic carbocycles. The zero-order valence-electron chi connectivity index (χ0n) is 12.9. The van der Waals surface area contributed by atoms with Crippen LogP contribution in [0.15, 0.2) is 31.9 Å². The van der Waals surface area contributed by atoms with E-state index in [-0.39, 0.29) is 23.0 Å². The van der Waals surface area contributed by atoms with E-state index in [1.165, 1.54) is 4.68 Å². The summed E-state index contributed by atoms with van der Waals surface area (Å²) in [7, 11) is 0. The van der Waals surface area contributed by atoms with Crippen molar-refractivity contribution < 1.29 is 17.6 Å². The Bertz CT molecular complexity index is 1050. The van der Waals surface area contributed by atoms with Crippen molar-refractivity contribution in [1.29, 1.82) is 0 Å². The van der Waals surface area contributed by atoms with Crippen LogP contribution in [0.25, 0.3) is 22.5 Å². The van der Waals surface area contributed by atoms with Gasteiger partial charge in [0.1, 0.15) is 5.69 Å². The highest BCUT2D eigenvalue weighted by molar-refractivity contribution is 9.10. The molecule has 3 aromatic rings. The maximum absolute atomic E-state index is 13.0. The first-order valence-corrected chi connectivity index (χ1v) is 8.31. The largest absolute Gasteiger partial charge is 0.435 e. The molecule has 0 saturated heterocycles. The molecule has 0 atom stereocenters. The number of halogens is 4. The van der Waals surface area contributed by atoms with Crippen LogP contribution >= 0.6 is 15.9 Å². The molecule has 0 N–H and O–H groups in total. The van der Waals surface area contributed by atoms with Crippen LogP contribution in [0.4, 0.5) is 13.2 Å².